The van der Waals surface area contributed by atoms with E-state index < -0.39 is 0 Å². The zero-order valence-corrected chi connectivity index (χ0v) is 12.7. The summed E-state index contributed by atoms with van der Waals surface area (Å²) in [6, 6.07) is 6.69. The highest BCUT2D eigenvalue weighted by Crippen LogP contribution is 2.18. The van der Waals surface area contributed by atoms with Gasteiger partial charge >= 0.3 is 0 Å². The molecule has 1 aliphatic rings. The van der Waals surface area contributed by atoms with Crippen LogP contribution in [-0.4, -0.2) is 46.3 Å². The second-order valence-electron chi connectivity index (χ2n) is 5.61. The number of nitrogens with one attached hydrogen (secondary N) is 1. The first kappa shape index (κ1) is 14.7. The van der Waals surface area contributed by atoms with Gasteiger partial charge < -0.3 is 10.2 Å². The van der Waals surface area contributed by atoms with Crippen LogP contribution in [0.5, 0.6) is 0 Å². The standard InChI is InChI=1S/C16H19FN4O/c1-11-10-20(8-7-18-11)16(22)13-9-19-21(12(13)2)15-6-4-3-5-14(15)17/h3-6,9,11,18H,7-8,10H2,1-2H3. The lowest BCUT2D eigenvalue weighted by molar-refractivity contribution is 0.0708. The number of carbonyl (C=O) groups excluding carboxylic acids is 1. The van der Waals surface area contributed by atoms with Gasteiger partial charge in [-0.05, 0) is 26.0 Å². The number of carbonyl (C=O) groups is 1. The van der Waals surface area contributed by atoms with Crippen LogP contribution in [0.1, 0.15) is 23.0 Å². The summed E-state index contributed by atoms with van der Waals surface area (Å²) in [5.74, 6) is -0.406. The number of halogens is 1. The first-order chi connectivity index (χ1) is 10.6. The maximum atomic E-state index is 13.9. The summed E-state index contributed by atoms with van der Waals surface area (Å²) in [6.45, 7) is 5.97. The van der Waals surface area contributed by atoms with E-state index in [1.807, 2.05) is 4.90 Å². The third kappa shape index (κ3) is 2.62. The van der Waals surface area contributed by atoms with Crippen LogP contribution >= 0.6 is 0 Å². The van der Waals surface area contributed by atoms with Gasteiger partial charge in [0.05, 0.1) is 17.5 Å². The minimum absolute atomic E-state index is 0.0477. The Morgan fingerprint density at radius 1 is 1.41 bits per heavy atom. The highest BCUT2D eigenvalue weighted by atomic mass is 19.1. The van der Waals surface area contributed by atoms with Crippen molar-refractivity contribution in [1.82, 2.24) is 20.0 Å². The monoisotopic (exact) mass is 302 g/mol. The van der Waals surface area contributed by atoms with Crippen molar-refractivity contribution >= 4 is 5.91 Å². The zero-order chi connectivity index (χ0) is 15.7. The van der Waals surface area contributed by atoms with E-state index >= 15 is 0 Å². The molecular formula is C16H19FN4O. The molecule has 1 aliphatic heterocycles. The lowest BCUT2D eigenvalue weighted by Gasteiger charge is -2.31. The van der Waals surface area contributed by atoms with E-state index in [0.717, 1.165) is 6.54 Å². The number of piperazine rings is 1. The fraction of sp³-hybridized carbons (Fsp3) is 0.375. The molecule has 0 bridgehead atoms. The van der Waals surface area contributed by atoms with Crippen LogP contribution in [0.25, 0.3) is 5.69 Å². The van der Waals surface area contributed by atoms with Crippen LogP contribution in [0.15, 0.2) is 30.5 Å². The number of aromatic nitrogens is 2. The minimum atomic E-state index is -0.358. The van der Waals surface area contributed by atoms with Crippen LogP contribution in [0.4, 0.5) is 4.39 Å². The van der Waals surface area contributed by atoms with Gasteiger partial charge in [0, 0.05) is 25.7 Å². The fourth-order valence-corrected chi connectivity index (χ4v) is 2.77. The number of rotatable bonds is 2. The molecule has 1 amide bonds. The molecule has 1 N–H and O–H groups in total. The molecule has 1 aromatic heterocycles. The van der Waals surface area contributed by atoms with Gasteiger partial charge in [-0.1, -0.05) is 12.1 Å². The van der Waals surface area contributed by atoms with Crippen molar-refractivity contribution in [2.75, 3.05) is 19.6 Å². The van der Waals surface area contributed by atoms with E-state index in [9.17, 15) is 9.18 Å². The summed E-state index contributed by atoms with van der Waals surface area (Å²) in [7, 11) is 0. The maximum Gasteiger partial charge on any atom is 0.257 e. The third-order valence-electron chi connectivity index (χ3n) is 3.98. The van der Waals surface area contributed by atoms with Crippen molar-refractivity contribution in [2.45, 2.75) is 19.9 Å². The Bertz CT molecular complexity index is 697. The van der Waals surface area contributed by atoms with Gasteiger partial charge in [-0.2, -0.15) is 5.10 Å². The topological polar surface area (TPSA) is 50.2 Å². The van der Waals surface area contributed by atoms with Crippen molar-refractivity contribution in [3.05, 3.63) is 47.5 Å². The van der Waals surface area contributed by atoms with Crippen LogP contribution < -0.4 is 5.32 Å². The lowest BCUT2D eigenvalue weighted by Crippen LogP contribution is -2.51. The maximum absolute atomic E-state index is 13.9. The Labute approximate surface area is 128 Å². The molecule has 0 saturated carbocycles. The smallest absolute Gasteiger partial charge is 0.257 e. The van der Waals surface area contributed by atoms with Gasteiger partial charge in [0.25, 0.3) is 5.91 Å². The molecule has 1 aromatic carbocycles. The van der Waals surface area contributed by atoms with E-state index in [4.69, 9.17) is 0 Å². The quantitative estimate of drug-likeness (QED) is 0.919. The molecule has 2 aromatic rings. The van der Waals surface area contributed by atoms with Crippen LogP contribution in [0.2, 0.25) is 0 Å². The van der Waals surface area contributed by atoms with Gasteiger partial charge in [-0.15, -0.1) is 0 Å². The summed E-state index contributed by atoms with van der Waals surface area (Å²) in [5, 5.41) is 7.50. The summed E-state index contributed by atoms with van der Waals surface area (Å²) >= 11 is 0. The number of amides is 1. The van der Waals surface area contributed by atoms with Gasteiger partial charge in [0.1, 0.15) is 11.5 Å². The number of hydrogen-bond donors (Lipinski definition) is 1. The Balaban J connectivity index is 1.90. The number of nitrogens with zero attached hydrogens (tertiary/aromatic N) is 3. The zero-order valence-electron chi connectivity index (χ0n) is 12.7. The first-order valence-corrected chi connectivity index (χ1v) is 7.40. The predicted molar refractivity (Wildman–Crippen MR) is 81.6 cm³/mol. The van der Waals surface area contributed by atoms with Crippen molar-refractivity contribution in [2.24, 2.45) is 0 Å². The Morgan fingerprint density at radius 2 is 2.18 bits per heavy atom. The molecule has 1 fully saturated rings. The van der Waals surface area contributed by atoms with E-state index in [1.54, 1.807) is 25.1 Å². The van der Waals surface area contributed by atoms with Crippen molar-refractivity contribution in [1.29, 1.82) is 0 Å². The molecule has 22 heavy (non-hydrogen) atoms. The number of hydrogen-bond acceptors (Lipinski definition) is 3. The molecule has 0 aliphatic carbocycles. The second-order valence-corrected chi connectivity index (χ2v) is 5.61. The Hall–Kier alpha value is -2.21. The van der Waals surface area contributed by atoms with E-state index in [1.165, 1.54) is 16.9 Å². The predicted octanol–water partition coefficient (Wildman–Crippen LogP) is 1.75. The molecule has 1 atom stereocenters. The average molecular weight is 302 g/mol. The molecule has 116 valence electrons. The molecular weight excluding hydrogens is 283 g/mol. The van der Waals surface area contributed by atoms with Gasteiger partial charge in [-0.25, -0.2) is 9.07 Å². The summed E-state index contributed by atoms with van der Waals surface area (Å²) in [6.07, 6.45) is 1.52. The molecule has 0 spiro atoms. The number of para-hydroxylation sites is 1. The SMILES string of the molecule is Cc1c(C(=O)N2CCNC(C)C2)cnn1-c1ccccc1F. The first-order valence-electron chi connectivity index (χ1n) is 7.40. The Kier molecular flexibility index (Phi) is 3.94. The minimum Gasteiger partial charge on any atom is -0.336 e. The van der Waals surface area contributed by atoms with Crippen molar-refractivity contribution in [3.63, 3.8) is 0 Å². The largest absolute Gasteiger partial charge is 0.336 e. The van der Waals surface area contributed by atoms with Crippen molar-refractivity contribution < 1.29 is 9.18 Å². The molecule has 2 heterocycles. The summed E-state index contributed by atoms with van der Waals surface area (Å²) in [4.78, 5) is 14.5. The summed E-state index contributed by atoms with van der Waals surface area (Å²) in [5.41, 5.74) is 1.53. The highest BCUT2D eigenvalue weighted by molar-refractivity contribution is 5.95. The molecule has 1 unspecified atom stereocenters. The van der Waals surface area contributed by atoms with Gasteiger partial charge in [-0.3, -0.25) is 4.79 Å². The van der Waals surface area contributed by atoms with Crippen molar-refractivity contribution in [3.8, 4) is 5.69 Å². The van der Waals surface area contributed by atoms with E-state index in [-0.39, 0.29) is 17.8 Å². The molecule has 5 nitrogen and oxygen atoms in total. The number of benzene rings is 1. The highest BCUT2D eigenvalue weighted by Gasteiger charge is 2.25. The molecule has 1 saturated heterocycles. The van der Waals surface area contributed by atoms with Crippen LogP contribution in [-0.2, 0) is 0 Å². The van der Waals surface area contributed by atoms with Crippen LogP contribution in [0.3, 0.4) is 0 Å². The average Bonchev–Trinajstić information content (AvgIpc) is 2.88. The third-order valence-corrected chi connectivity index (χ3v) is 3.98. The van der Waals surface area contributed by atoms with Gasteiger partial charge in [0.2, 0.25) is 0 Å². The molecule has 6 heteroatoms. The molecule has 3 rings (SSSR count). The van der Waals surface area contributed by atoms with Gasteiger partial charge in [0.15, 0.2) is 0 Å². The summed E-state index contributed by atoms with van der Waals surface area (Å²) < 4.78 is 15.4. The second kappa shape index (κ2) is 5.88. The Morgan fingerprint density at radius 3 is 2.91 bits per heavy atom. The van der Waals surface area contributed by atoms with Crippen LogP contribution in [0, 0.1) is 12.7 Å². The fourth-order valence-electron chi connectivity index (χ4n) is 2.77. The lowest BCUT2D eigenvalue weighted by atomic mass is 10.1. The normalized spacial score (nSPS) is 18.5. The van der Waals surface area contributed by atoms with E-state index in [2.05, 4.69) is 17.3 Å². The van der Waals surface area contributed by atoms with E-state index in [0.29, 0.717) is 30.0 Å². The molecule has 0 radical (unpaired) electrons.